The minimum atomic E-state index is 0.633. The van der Waals surface area contributed by atoms with Gasteiger partial charge in [-0.2, -0.15) is 0 Å². The van der Waals surface area contributed by atoms with Crippen LogP contribution in [0.4, 0.5) is 0 Å². The zero-order valence-corrected chi connectivity index (χ0v) is 12.2. The van der Waals surface area contributed by atoms with Gasteiger partial charge in [0.15, 0.2) is 0 Å². The summed E-state index contributed by atoms with van der Waals surface area (Å²) in [5, 5.41) is 0. The van der Waals surface area contributed by atoms with E-state index < -0.39 is 0 Å². The first-order valence-corrected chi connectivity index (χ1v) is 7.00. The van der Waals surface area contributed by atoms with E-state index in [2.05, 4.69) is 64.7 Å². The molecule has 17 heavy (non-hydrogen) atoms. The van der Waals surface area contributed by atoms with Gasteiger partial charge < -0.3 is 0 Å². The summed E-state index contributed by atoms with van der Waals surface area (Å²) in [5.41, 5.74) is 0. The first-order valence-electron chi connectivity index (χ1n) is 7.00. The van der Waals surface area contributed by atoms with Gasteiger partial charge in [-0.25, -0.2) is 0 Å². The van der Waals surface area contributed by atoms with Crippen molar-refractivity contribution in [2.45, 2.75) is 53.4 Å². The molecule has 0 aliphatic rings. The maximum atomic E-state index is 3.93. The summed E-state index contributed by atoms with van der Waals surface area (Å²) >= 11 is 0. The maximum absolute atomic E-state index is 3.93. The fourth-order valence-electron chi connectivity index (χ4n) is 1.65. The van der Waals surface area contributed by atoms with Gasteiger partial charge in [0.1, 0.15) is 0 Å². The molecule has 0 aliphatic heterocycles. The number of hydrogen-bond acceptors (Lipinski definition) is 0. The minimum absolute atomic E-state index is 0.633. The number of hydrogen-bond donors (Lipinski definition) is 0. The van der Waals surface area contributed by atoms with Crippen molar-refractivity contribution in [1.82, 2.24) is 0 Å². The molecule has 0 saturated heterocycles. The first-order chi connectivity index (χ1) is 8.06. The van der Waals surface area contributed by atoms with Crippen LogP contribution in [0, 0.1) is 17.8 Å². The van der Waals surface area contributed by atoms with E-state index in [-0.39, 0.29) is 0 Å². The molecule has 0 heterocycles. The van der Waals surface area contributed by atoms with Crippen molar-refractivity contribution in [2.75, 3.05) is 0 Å². The van der Waals surface area contributed by atoms with E-state index in [1.165, 1.54) is 19.3 Å². The highest BCUT2D eigenvalue weighted by Crippen LogP contribution is 2.14. The molecule has 0 radical (unpaired) electrons. The Morgan fingerprint density at radius 2 is 1.65 bits per heavy atom. The van der Waals surface area contributed by atoms with Crippen molar-refractivity contribution in [3.05, 3.63) is 37.0 Å². The Morgan fingerprint density at radius 3 is 2.18 bits per heavy atom. The Morgan fingerprint density at radius 1 is 0.941 bits per heavy atom. The Bertz CT molecular complexity index is 230. The second-order valence-electron chi connectivity index (χ2n) is 5.58. The molecule has 0 fully saturated rings. The van der Waals surface area contributed by atoms with Crippen LogP contribution in [-0.4, -0.2) is 0 Å². The molecule has 0 heteroatoms. The van der Waals surface area contributed by atoms with E-state index >= 15 is 0 Å². The van der Waals surface area contributed by atoms with E-state index in [1.54, 1.807) is 0 Å². The van der Waals surface area contributed by atoms with Crippen LogP contribution in [0.15, 0.2) is 37.0 Å². The van der Waals surface area contributed by atoms with Gasteiger partial charge in [-0.1, -0.05) is 58.1 Å². The molecule has 0 aromatic carbocycles. The summed E-state index contributed by atoms with van der Waals surface area (Å²) in [7, 11) is 0. The average Bonchev–Trinajstić information content (AvgIpc) is 2.25. The van der Waals surface area contributed by atoms with Gasteiger partial charge in [0.05, 0.1) is 0 Å². The molecule has 0 rings (SSSR count). The van der Waals surface area contributed by atoms with Crippen LogP contribution < -0.4 is 0 Å². The Balaban J connectivity index is 3.75. The van der Waals surface area contributed by atoms with Crippen molar-refractivity contribution >= 4 is 0 Å². The standard InChI is InChI=1S/C17H30/c1-6-17(14-10-12-16(4)5)13-9-7-8-11-15(2)3/h6-8,10,12,15-17H,1,9,11,13-14H2,2-5H3/b8-7+,12-10-. The van der Waals surface area contributed by atoms with Crippen LogP contribution in [0.25, 0.3) is 0 Å². The van der Waals surface area contributed by atoms with Crippen molar-refractivity contribution < 1.29 is 0 Å². The van der Waals surface area contributed by atoms with Crippen molar-refractivity contribution in [3.63, 3.8) is 0 Å². The lowest BCUT2D eigenvalue weighted by atomic mass is 9.98. The second-order valence-corrected chi connectivity index (χ2v) is 5.58. The topological polar surface area (TPSA) is 0 Å². The Labute approximate surface area is 109 Å². The Hall–Kier alpha value is -0.780. The van der Waals surface area contributed by atoms with Gasteiger partial charge in [0.25, 0.3) is 0 Å². The molecular weight excluding hydrogens is 204 g/mol. The normalized spacial score (nSPS) is 14.2. The highest BCUT2D eigenvalue weighted by molar-refractivity contribution is 4.93. The summed E-state index contributed by atoms with van der Waals surface area (Å²) < 4.78 is 0. The highest BCUT2D eigenvalue weighted by atomic mass is 14.1. The second kappa shape index (κ2) is 10.4. The fraction of sp³-hybridized carbons (Fsp3) is 0.647. The van der Waals surface area contributed by atoms with Crippen LogP contribution in [-0.2, 0) is 0 Å². The lowest BCUT2D eigenvalue weighted by Crippen LogP contribution is -1.94. The van der Waals surface area contributed by atoms with Gasteiger partial charge in [-0.05, 0) is 43.4 Å². The van der Waals surface area contributed by atoms with E-state index in [9.17, 15) is 0 Å². The third-order valence-electron chi connectivity index (χ3n) is 2.77. The van der Waals surface area contributed by atoms with Crippen molar-refractivity contribution in [1.29, 1.82) is 0 Å². The first kappa shape index (κ1) is 16.2. The van der Waals surface area contributed by atoms with Gasteiger partial charge in [-0.15, -0.1) is 6.58 Å². The number of allylic oxidation sites excluding steroid dienone is 5. The molecule has 98 valence electrons. The average molecular weight is 234 g/mol. The molecule has 0 saturated carbocycles. The summed E-state index contributed by atoms with van der Waals surface area (Å²) in [4.78, 5) is 0. The largest absolute Gasteiger partial charge is 0.103 e. The summed E-state index contributed by atoms with van der Waals surface area (Å²) in [6.45, 7) is 12.9. The molecule has 1 unspecified atom stereocenters. The van der Waals surface area contributed by atoms with Crippen LogP contribution >= 0.6 is 0 Å². The summed E-state index contributed by atoms with van der Waals surface area (Å²) in [5.74, 6) is 2.07. The van der Waals surface area contributed by atoms with Crippen molar-refractivity contribution in [3.8, 4) is 0 Å². The molecule has 0 spiro atoms. The van der Waals surface area contributed by atoms with E-state index in [0.717, 1.165) is 12.3 Å². The molecule has 0 aromatic rings. The quantitative estimate of drug-likeness (QED) is 0.444. The van der Waals surface area contributed by atoms with Crippen molar-refractivity contribution in [2.24, 2.45) is 17.8 Å². The zero-order valence-electron chi connectivity index (χ0n) is 12.2. The molecule has 0 N–H and O–H groups in total. The van der Waals surface area contributed by atoms with Crippen LogP contribution in [0.5, 0.6) is 0 Å². The zero-order chi connectivity index (χ0) is 13.1. The lowest BCUT2D eigenvalue weighted by molar-refractivity contribution is 0.602. The van der Waals surface area contributed by atoms with E-state index in [1.807, 2.05) is 0 Å². The summed E-state index contributed by atoms with van der Waals surface area (Å²) in [6, 6.07) is 0. The smallest absolute Gasteiger partial charge is 0.0199 e. The minimum Gasteiger partial charge on any atom is -0.103 e. The SMILES string of the molecule is C=CC(C/C=C\C(C)C)CC/C=C/CC(C)C. The van der Waals surface area contributed by atoms with Gasteiger partial charge in [0.2, 0.25) is 0 Å². The monoisotopic (exact) mass is 234 g/mol. The third-order valence-corrected chi connectivity index (χ3v) is 2.77. The molecule has 0 amide bonds. The Kier molecular flexibility index (Phi) is 9.90. The maximum Gasteiger partial charge on any atom is -0.0199 e. The van der Waals surface area contributed by atoms with Crippen LogP contribution in [0.1, 0.15) is 53.4 Å². The molecule has 0 nitrogen and oxygen atoms in total. The lowest BCUT2D eigenvalue weighted by Gasteiger charge is -2.08. The molecule has 0 aromatic heterocycles. The molecule has 1 atom stereocenters. The molecular formula is C17H30. The predicted octanol–water partition coefficient (Wildman–Crippen LogP) is 5.77. The molecule has 0 aliphatic carbocycles. The van der Waals surface area contributed by atoms with E-state index in [0.29, 0.717) is 11.8 Å². The summed E-state index contributed by atoms with van der Waals surface area (Å²) in [6.07, 6.45) is 16.1. The molecule has 0 bridgehead atoms. The van der Waals surface area contributed by atoms with Gasteiger partial charge >= 0.3 is 0 Å². The van der Waals surface area contributed by atoms with Crippen LogP contribution in [0.3, 0.4) is 0 Å². The predicted molar refractivity (Wildman–Crippen MR) is 80.1 cm³/mol. The third kappa shape index (κ3) is 11.5. The highest BCUT2D eigenvalue weighted by Gasteiger charge is 2.00. The van der Waals surface area contributed by atoms with Gasteiger partial charge in [0, 0.05) is 0 Å². The van der Waals surface area contributed by atoms with Gasteiger partial charge in [-0.3, -0.25) is 0 Å². The number of rotatable bonds is 9. The fourth-order valence-corrected chi connectivity index (χ4v) is 1.65. The van der Waals surface area contributed by atoms with Crippen LogP contribution in [0.2, 0.25) is 0 Å². The van der Waals surface area contributed by atoms with E-state index in [4.69, 9.17) is 0 Å².